The lowest BCUT2D eigenvalue weighted by molar-refractivity contribution is 0.0943. The monoisotopic (exact) mass is 301 g/mol. The van der Waals surface area contributed by atoms with Gasteiger partial charge in [0.25, 0.3) is 11.5 Å². The molecular formula is C14H15N5O3. The second-order valence-electron chi connectivity index (χ2n) is 5.39. The van der Waals surface area contributed by atoms with E-state index in [0.29, 0.717) is 16.5 Å². The van der Waals surface area contributed by atoms with E-state index >= 15 is 0 Å². The van der Waals surface area contributed by atoms with Gasteiger partial charge in [-0.05, 0) is 32.0 Å². The molecule has 8 heteroatoms. The molecule has 22 heavy (non-hydrogen) atoms. The van der Waals surface area contributed by atoms with Crippen LogP contribution >= 0.6 is 0 Å². The molecule has 0 aliphatic carbocycles. The number of carbonyl (C=O) groups excluding carboxylic acids is 1. The van der Waals surface area contributed by atoms with Crippen molar-refractivity contribution in [1.82, 2.24) is 24.5 Å². The number of hydrogen-bond acceptors (Lipinski definition) is 4. The Morgan fingerprint density at radius 1 is 1.32 bits per heavy atom. The molecule has 0 saturated heterocycles. The summed E-state index contributed by atoms with van der Waals surface area (Å²) >= 11 is 0. The quantitative estimate of drug-likeness (QED) is 0.696. The summed E-state index contributed by atoms with van der Waals surface area (Å²) in [6.45, 7) is 3.71. The first-order valence-electron chi connectivity index (χ1n) is 6.81. The molecule has 0 spiro atoms. The van der Waals surface area contributed by atoms with Crippen molar-refractivity contribution in [2.45, 2.75) is 19.9 Å². The van der Waals surface area contributed by atoms with Gasteiger partial charge in [-0.15, -0.1) is 5.10 Å². The first-order valence-corrected chi connectivity index (χ1v) is 6.81. The first kappa shape index (κ1) is 14.1. The van der Waals surface area contributed by atoms with Crippen LogP contribution in [-0.4, -0.2) is 31.1 Å². The Kier molecular flexibility index (Phi) is 3.09. The minimum Gasteiger partial charge on any atom is -0.350 e. The fourth-order valence-electron chi connectivity index (χ4n) is 2.39. The average Bonchev–Trinajstić information content (AvgIpc) is 2.85. The summed E-state index contributed by atoms with van der Waals surface area (Å²) < 4.78 is 2.57. The van der Waals surface area contributed by atoms with E-state index in [9.17, 15) is 14.4 Å². The van der Waals surface area contributed by atoms with Gasteiger partial charge in [0.1, 0.15) is 0 Å². The van der Waals surface area contributed by atoms with Crippen molar-refractivity contribution in [3.63, 3.8) is 0 Å². The molecule has 0 fully saturated rings. The van der Waals surface area contributed by atoms with Gasteiger partial charge in [0.2, 0.25) is 5.78 Å². The van der Waals surface area contributed by atoms with E-state index < -0.39 is 5.69 Å². The number of hydrogen-bond donors (Lipinski definition) is 2. The van der Waals surface area contributed by atoms with Crippen LogP contribution in [0.2, 0.25) is 0 Å². The van der Waals surface area contributed by atoms with E-state index in [0.717, 1.165) is 0 Å². The number of H-pyrrole nitrogens is 1. The van der Waals surface area contributed by atoms with Crippen molar-refractivity contribution in [1.29, 1.82) is 0 Å². The molecule has 2 heterocycles. The second-order valence-corrected chi connectivity index (χ2v) is 5.39. The smallest absolute Gasteiger partial charge is 0.349 e. The Morgan fingerprint density at radius 3 is 2.73 bits per heavy atom. The van der Waals surface area contributed by atoms with Gasteiger partial charge >= 0.3 is 5.69 Å². The Bertz CT molecular complexity index is 1010. The molecule has 3 rings (SSSR count). The highest BCUT2D eigenvalue weighted by molar-refractivity contribution is 5.98. The largest absolute Gasteiger partial charge is 0.350 e. The molecule has 1 amide bonds. The number of fused-ring (bicyclic) bond motifs is 3. The molecule has 0 aliphatic rings. The highest BCUT2D eigenvalue weighted by atomic mass is 16.2. The lowest BCUT2D eigenvalue weighted by Gasteiger charge is -2.10. The van der Waals surface area contributed by atoms with Gasteiger partial charge in [-0.25, -0.2) is 14.3 Å². The molecule has 2 N–H and O–H groups in total. The van der Waals surface area contributed by atoms with Crippen LogP contribution < -0.4 is 16.6 Å². The maximum absolute atomic E-state index is 12.3. The van der Waals surface area contributed by atoms with Crippen molar-refractivity contribution >= 4 is 22.6 Å². The van der Waals surface area contributed by atoms with Crippen LogP contribution in [0.3, 0.4) is 0 Å². The van der Waals surface area contributed by atoms with Crippen molar-refractivity contribution in [3.05, 3.63) is 44.6 Å². The lowest BCUT2D eigenvalue weighted by Crippen LogP contribution is -2.30. The van der Waals surface area contributed by atoms with E-state index in [1.54, 1.807) is 12.1 Å². The average molecular weight is 301 g/mol. The number of aromatic nitrogens is 4. The molecule has 0 radical (unpaired) electrons. The summed E-state index contributed by atoms with van der Waals surface area (Å²) in [6.07, 6.45) is 0. The molecule has 0 unspecified atom stereocenters. The molecule has 0 atom stereocenters. The van der Waals surface area contributed by atoms with Crippen molar-refractivity contribution in [3.8, 4) is 0 Å². The second kappa shape index (κ2) is 4.83. The SMILES string of the molecule is CC(C)NC(=O)c1ccc2c(=O)n(C)c3n[nH]c(=O)n3c2c1. The van der Waals surface area contributed by atoms with Crippen LogP contribution in [0.4, 0.5) is 0 Å². The van der Waals surface area contributed by atoms with Gasteiger partial charge in [0.05, 0.1) is 10.9 Å². The molecule has 2 aromatic heterocycles. The van der Waals surface area contributed by atoms with Gasteiger partial charge in [-0.1, -0.05) is 0 Å². The predicted octanol–water partition coefficient (Wildman–Crippen LogP) is 0.0127. The van der Waals surface area contributed by atoms with Crippen LogP contribution in [-0.2, 0) is 7.05 Å². The summed E-state index contributed by atoms with van der Waals surface area (Å²) in [5.41, 5.74) is -0.00792. The van der Waals surface area contributed by atoms with Crippen LogP contribution in [0, 0.1) is 0 Å². The number of carbonyl (C=O) groups is 1. The normalized spacial score (nSPS) is 11.5. The van der Waals surface area contributed by atoms with Crippen LogP contribution in [0.1, 0.15) is 24.2 Å². The first-order chi connectivity index (χ1) is 10.4. The molecule has 1 aromatic carbocycles. The topological polar surface area (TPSA) is 101 Å². The Balaban J connectivity index is 2.36. The number of nitrogens with one attached hydrogen (secondary N) is 2. The van der Waals surface area contributed by atoms with Crippen LogP contribution in [0.25, 0.3) is 16.7 Å². The van der Waals surface area contributed by atoms with E-state index in [1.165, 1.54) is 22.1 Å². The number of nitrogens with zero attached hydrogens (tertiary/aromatic N) is 3. The number of aryl methyl sites for hydroxylation is 1. The highest BCUT2D eigenvalue weighted by Crippen LogP contribution is 2.13. The zero-order valence-corrected chi connectivity index (χ0v) is 12.4. The number of rotatable bonds is 2. The highest BCUT2D eigenvalue weighted by Gasteiger charge is 2.15. The minimum atomic E-state index is -0.461. The van der Waals surface area contributed by atoms with Gasteiger partial charge in [0.15, 0.2) is 0 Å². The molecule has 8 nitrogen and oxygen atoms in total. The lowest BCUT2D eigenvalue weighted by atomic mass is 10.1. The Labute approximate surface area is 124 Å². The number of aromatic amines is 1. The number of amides is 1. The van der Waals surface area contributed by atoms with E-state index in [-0.39, 0.29) is 23.3 Å². The van der Waals surface area contributed by atoms with Gasteiger partial charge < -0.3 is 5.32 Å². The fraction of sp³-hybridized carbons (Fsp3) is 0.286. The van der Waals surface area contributed by atoms with E-state index in [1.807, 2.05) is 13.8 Å². The Hall–Kier alpha value is -2.90. The third kappa shape index (κ3) is 2.00. The third-order valence-electron chi connectivity index (χ3n) is 3.41. The Morgan fingerprint density at radius 2 is 2.05 bits per heavy atom. The van der Waals surface area contributed by atoms with E-state index in [2.05, 4.69) is 15.5 Å². The van der Waals surface area contributed by atoms with Gasteiger partial charge in [0, 0.05) is 18.7 Å². The summed E-state index contributed by atoms with van der Waals surface area (Å²) in [4.78, 5) is 36.4. The van der Waals surface area contributed by atoms with Crippen LogP contribution in [0.5, 0.6) is 0 Å². The molecule has 0 aliphatic heterocycles. The summed E-state index contributed by atoms with van der Waals surface area (Å²) in [5.74, 6) is -0.0637. The predicted molar refractivity (Wildman–Crippen MR) is 81.2 cm³/mol. The zero-order valence-electron chi connectivity index (χ0n) is 12.4. The molecule has 3 aromatic rings. The standard InChI is InChI=1S/C14H15N5O3/c1-7(2)15-11(20)8-4-5-9-10(6-8)19-13(16-17-14(19)22)18(3)12(9)21/h4-7H,1-3H3,(H,15,20)(H,17,22). The van der Waals surface area contributed by atoms with Crippen molar-refractivity contribution < 1.29 is 4.79 Å². The van der Waals surface area contributed by atoms with Crippen molar-refractivity contribution in [2.24, 2.45) is 7.05 Å². The molecular weight excluding hydrogens is 286 g/mol. The molecule has 0 saturated carbocycles. The third-order valence-corrected chi connectivity index (χ3v) is 3.41. The van der Waals surface area contributed by atoms with E-state index in [4.69, 9.17) is 0 Å². The van der Waals surface area contributed by atoms with Crippen molar-refractivity contribution in [2.75, 3.05) is 0 Å². The summed E-state index contributed by atoms with van der Waals surface area (Å²) in [7, 11) is 1.54. The minimum absolute atomic E-state index is 0.0106. The van der Waals surface area contributed by atoms with Crippen LogP contribution in [0.15, 0.2) is 27.8 Å². The van der Waals surface area contributed by atoms with Gasteiger partial charge in [-0.3, -0.25) is 14.2 Å². The maximum atomic E-state index is 12.3. The maximum Gasteiger partial charge on any atom is 0.349 e. The summed E-state index contributed by atoms with van der Waals surface area (Å²) in [6, 6.07) is 4.63. The number of benzene rings is 1. The molecule has 0 bridgehead atoms. The fourth-order valence-corrected chi connectivity index (χ4v) is 2.39. The zero-order chi connectivity index (χ0) is 16.0. The molecule has 114 valence electrons. The summed E-state index contributed by atoms with van der Waals surface area (Å²) in [5, 5.41) is 9.27. The van der Waals surface area contributed by atoms with Gasteiger partial charge in [-0.2, -0.15) is 0 Å².